The summed E-state index contributed by atoms with van der Waals surface area (Å²) >= 11 is 7.10. The molecule has 2 heterocycles. The highest BCUT2D eigenvalue weighted by Crippen LogP contribution is 2.48. The van der Waals surface area contributed by atoms with Gasteiger partial charge in [0.15, 0.2) is 16.5 Å². The Balaban J connectivity index is 2.32. The molecule has 8 heteroatoms. The molecule has 0 amide bonds. The fraction of sp³-hybridized carbons (Fsp3) is 0.429. The number of hydrogen-bond donors (Lipinski definition) is 0. The van der Waals surface area contributed by atoms with Gasteiger partial charge in [-0.2, -0.15) is 13.2 Å². The van der Waals surface area contributed by atoms with Crippen LogP contribution in [0.25, 0.3) is 0 Å². The van der Waals surface area contributed by atoms with E-state index in [1.165, 1.54) is 11.3 Å². The van der Waals surface area contributed by atoms with Crippen molar-refractivity contribution in [3.05, 3.63) is 9.17 Å². The van der Waals surface area contributed by atoms with Crippen LogP contribution in [0.3, 0.4) is 0 Å². The van der Waals surface area contributed by atoms with Crippen molar-refractivity contribution in [2.24, 2.45) is 0 Å². The highest BCUT2D eigenvalue weighted by Gasteiger charge is 2.50. The third kappa shape index (κ3) is 2.12. The predicted octanol–water partition coefficient (Wildman–Crippen LogP) is 3.93. The van der Waals surface area contributed by atoms with Crippen LogP contribution in [0.4, 0.5) is 13.2 Å². The SMILES string of the molecule is FC(F)(F)C1Oc2c(csc2Br)OC1Br. The summed E-state index contributed by atoms with van der Waals surface area (Å²) in [6.07, 6.45) is -6.45. The van der Waals surface area contributed by atoms with Gasteiger partial charge in [0, 0.05) is 5.38 Å². The summed E-state index contributed by atoms with van der Waals surface area (Å²) in [6.45, 7) is 0. The molecule has 2 rings (SSSR count). The molecular formula is C7H3Br2F3O2S. The topological polar surface area (TPSA) is 18.5 Å². The number of thiophene rings is 1. The van der Waals surface area contributed by atoms with E-state index in [2.05, 4.69) is 31.9 Å². The van der Waals surface area contributed by atoms with Gasteiger partial charge < -0.3 is 9.47 Å². The average molecular weight is 368 g/mol. The van der Waals surface area contributed by atoms with E-state index in [9.17, 15) is 13.2 Å². The molecule has 0 aliphatic carbocycles. The van der Waals surface area contributed by atoms with E-state index in [4.69, 9.17) is 9.47 Å². The molecule has 2 unspecified atom stereocenters. The fourth-order valence-corrected chi connectivity index (χ4v) is 2.88. The zero-order valence-electron chi connectivity index (χ0n) is 6.85. The number of rotatable bonds is 0. The molecule has 1 aromatic rings. The molecule has 0 bridgehead atoms. The van der Waals surface area contributed by atoms with Gasteiger partial charge >= 0.3 is 6.18 Å². The van der Waals surface area contributed by atoms with Crippen molar-refractivity contribution in [2.45, 2.75) is 17.3 Å². The normalized spacial score (nSPS) is 25.4. The van der Waals surface area contributed by atoms with E-state index >= 15 is 0 Å². The lowest BCUT2D eigenvalue weighted by molar-refractivity contribution is -0.211. The molecule has 2 atom stereocenters. The summed E-state index contributed by atoms with van der Waals surface area (Å²) in [5.41, 5.74) is 0. The van der Waals surface area contributed by atoms with Crippen molar-refractivity contribution < 1.29 is 22.6 Å². The fourth-order valence-electron chi connectivity index (χ4n) is 1.07. The van der Waals surface area contributed by atoms with Gasteiger partial charge in [-0.1, -0.05) is 0 Å². The minimum absolute atomic E-state index is 0.109. The smallest absolute Gasteiger partial charge is 0.430 e. The van der Waals surface area contributed by atoms with Gasteiger partial charge in [-0.3, -0.25) is 0 Å². The molecule has 84 valence electrons. The highest BCUT2D eigenvalue weighted by molar-refractivity contribution is 9.11. The molecule has 15 heavy (non-hydrogen) atoms. The summed E-state index contributed by atoms with van der Waals surface area (Å²) < 4.78 is 47.8. The van der Waals surface area contributed by atoms with Gasteiger partial charge in [0.25, 0.3) is 0 Å². The molecule has 0 saturated heterocycles. The summed E-state index contributed by atoms with van der Waals surface area (Å²) in [6, 6.07) is 0. The second-order valence-corrected chi connectivity index (χ2v) is 5.85. The van der Waals surface area contributed by atoms with E-state index in [1.807, 2.05) is 0 Å². The minimum atomic E-state index is -4.47. The molecule has 2 nitrogen and oxygen atoms in total. The van der Waals surface area contributed by atoms with Crippen molar-refractivity contribution in [3.8, 4) is 11.5 Å². The molecule has 0 fully saturated rings. The Hall–Kier alpha value is 0.0500. The zero-order chi connectivity index (χ0) is 11.2. The molecular weight excluding hydrogens is 365 g/mol. The molecule has 0 aromatic carbocycles. The Morgan fingerprint density at radius 3 is 2.60 bits per heavy atom. The van der Waals surface area contributed by atoms with Crippen LogP contribution >= 0.6 is 43.2 Å². The molecule has 0 radical (unpaired) electrons. The van der Waals surface area contributed by atoms with Crippen molar-refractivity contribution >= 4 is 43.2 Å². The second-order valence-electron chi connectivity index (χ2n) is 2.75. The largest absolute Gasteiger partial charge is 0.470 e. The Morgan fingerprint density at radius 1 is 1.33 bits per heavy atom. The van der Waals surface area contributed by atoms with Crippen LogP contribution in [0, 0.1) is 0 Å². The number of fused-ring (bicyclic) bond motifs is 1. The first-order chi connectivity index (χ1) is 6.89. The third-order valence-electron chi connectivity index (χ3n) is 1.72. The van der Waals surface area contributed by atoms with Gasteiger partial charge in [-0.05, 0) is 31.9 Å². The van der Waals surface area contributed by atoms with E-state index in [0.29, 0.717) is 9.54 Å². The van der Waals surface area contributed by atoms with Crippen LogP contribution in [0.5, 0.6) is 11.5 Å². The highest BCUT2D eigenvalue weighted by atomic mass is 79.9. The molecule has 1 aliphatic rings. The van der Waals surface area contributed by atoms with Crippen LogP contribution in [-0.4, -0.2) is 17.3 Å². The number of halogens is 5. The van der Waals surface area contributed by atoms with Crippen LogP contribution in [0.1, 0.15) is 0 Å². The minimum Gasteiger partial charge on any atom is -0.470 e. The van der Waals surface area contributed by atoms with Crippen LogP contribution in [0.15, 0.2) is 9.17 Å². The first kappa shape index (κ1) is 11.5. The monoisotopic (exact) mass is 366 g/mol. The quantitative estimate of drug-likeness (QED) is 0.647. The Kier molecular flexibility index (Phi) is 2.93. The number of alkyl halides is 4. The average Bonchev–Trinajstić information content (AvgIpc) is 2.44. The van der Waals surface area contributed by atoms with Crippen molar-refractivity contribution in [1.82, 2.24) is 0 Å². The van der Waals surface area contributed by atoms with Crippen molar-refractivity contribution in [3.63, 3.8) is 0 Å². The summed E-state index contributed by atoms with van der Waals surface area (Å²) in [4.78, 5) is 0. The lowest BCUT2D eigenvalue weighted by Gasteiger charge is -2.30. The van der Waals surface area contributed by atoms with Crippen LogP contribution in [0.2, 0.25) is 0 Å². The first-order valence-electron chi connectivity index (χ1n) is 3.70. The van der Waals surface area contributed by atoms with Gasteiger partial charge in [0.2, 0.25) is 6.10 Å². The van der Waals surface area contributed by atoms with E-state index in [-0.39, 0.29) is 5.75 Å². The first-order valence-corrected chi connectivity index (χ1v) is 6.29. The Morgan fingerprint density at radius 2 is 2.00 bits per heavy atom. The van der Waals surface area contributed by atoms with Crippen LogP contribution < -0.4 is 9.47 Å². The maximum absolute atomic E-state index is 12.5. The second kappa shape index (κ2) is 3.81. The number of ether oxygens (including phenoxy) is 2. The maximum Gasteiger partial charge on any atom is 0.430 e. The van der Waals surface area contributed by atoms with Gasteiger partial charge in [0.05, 0.1) is 0 Å². The summed E-state index contributed by atoms with van der Waals surface area (Å²) in [5, 5.41) is 0.367. The van der Waals surface area contributed by atoms with Crippen molar-refractivity contribution in [1.29, 1.82) is 0 Å². The lowest BCUT2D eigenvalue weighted by atomic mass is 10.3. The maximum atomic E-state index is 12.5. The molecule has 1 aliphatic heterocycles. The van der Waals surface area contributed by atoms with E-state index in [1.54, 1.807) is 5.38 Å². The standard InChI is InChI=1S/C7H3Br2F3O2S/c8-5-4(7(10,11)12)14-3-2(13-5)1-15-6(3)9/h1,4-5H. The lowest BCUT2D eigenvalue weighted by Crippen LogP contribution is -2.46. The van der Waals surface area contributed by atoms with Crippen LogP contribution in [-0.2, 0) is 0 Å². The Labute approximate surface area is 104 Å². The van der Waals surface area contributed by atoms with Gasteiger partial charge in [-0.25, -0.2) is 0 Å². The molecule has 0 saturated carbocycles. The predicted molar refractivity (Wildman–Crippen MR) is 55.8 cm³/mol. The third-order valence-corrected chi connectivity index (χ3v) is 4.03. The summed E-state index contributed by atoms with van der Waals surface area (Å²) in [7, 11) is 0. The Bertz CT molecular complexity index is 379. The van der Waals surface area contributed by atoms with Gasteiger partial charge in [-0.15, -0.1) is 11.3 Å². The zero-order valence-corrected chi connectivity index (χ0v) is 10.8. The molecule has 0 spiro atoms. The molecule has 1 aromatic heterocycles. The molecule has 0 N–H and O–H groups in total. The van der Waals surface area contributed by atoms with E-state index < -0.39 is 17.3 Å². The van der Waals surface area contributed by atoms with E-state index in [0.717, 1.165) is 0 Å². The van der Waals surface area contributed by atoms with Gasteiger partial charge in [0.1, 0.15) is 3.79 Å². The summed E-state index contributed by atoms with van der Waals surface area (Å²) in [5.74, 6) is 0.423. The van der Waals surface area contributed by atoms with Crippen molar-refractivity contribution in [2.75, 3.05) is 0 Å². The number of hydrogen-bond acceptors (Lipinski definition) is 3.